The molecule has 1 aromatic carbocycles. The number of hydrogen-bond acceptors (Lipinski definition) is 6. The molecule has 7 nitrogen and oxygen atoms in total. The van der Waals surface area contributed by atoms with Crippen molar-refractivity contribution in [3.8, 4) is 0 Å². The lowest BCUT2D eigenvalue weighted by Crippen LogP contribution is -2.21. The van der Waals surface area contributed by atoms with E-state index in [1.807, 2.05) is 6.92 Å². The van der Waals surface area contributed by atoms with Crippen LogP contribution in [0.2, 0.25) is 5.02 Å². The number of carbonyl (C=O) groups excluding carboxylic acids is 2. The van der Waals surface area contributed by atoms with Crippen LogP contribution in [-0.2, 0) is 19.6 Å². The normalized spacial score (nSPS) is 11.0. The van der Waals surface area contributed by atoms with E-state index in [2.05, 4.69) is 10.0 Å². The van der Waals surface area contributed by atoms with Gasteiger partial charge >= 0.3 is 5.97 Å². The fraction of sp³-hybridized carbons (Fsp3) is 0.200. The molecule has 10 heteroatoms. The molecule has 0 aliphatic heterocycles. The van der Waals surface area contributed by atoms with Gasteiger partial charge in [-0.25, -0.2) is 13.2 Å². The van der Waals surface area contributed by atoms with Gasteiger partial charge in [-0.1, -0.05) is 17.7 Å². The molecule has 0 unspecified atom stereocenters. The second-order valence-corrected chi connectivity index (χ2v) is 8.20. The minimum atomic E-state index is -3.53. The second-order valence-electron chi connectivity index (χ2n) is 5.13. The molecular weight excluding hydrogens is 388 g/mol. The zero-order chi connectivity index (χ0) is 18.6. The summed E-state index contributed by atoms with van der Waals surface area (Å²) in [5.74, 6) is -1.33. The Hall–Kier alpha value is -2.10. The van der Waals surface area contributed by atoms with Crippen LogP contribution >= 0.6 is 22.9 Å². The Morgan fingerprint density at radius 2 is 2.00 bits per heavy atom. The number of aryl methyl sites for hydroxylation is 1. The number of benzene rings is 1. The first kappa shape index (κ1) is 19.2. The van der Waals surface area contributed by atoms with Crippen LogP contribution in [0.4, 0.5) is 11.4 Å². The van der Waals surface area contributed by atoms with Gasteiger partial charge in [0.15, 0.2) is 6.61 Å². The fourth-order valence-electron chi connectivity index (χ4n) is 1.81. The molecular formula is C15H15ClN2O5S2. The summed E-state index contributed by atoms with van der Waals surface area (Å²) >= 11 is 6.98. The molecule has 2 N–H and O–H groups in total. The number of sulfonamides is 1. The van der Waals surface area contributed by atoms with Crippen molar-refractivity contribution in [2.75, 3.05) is 22.9 Å². The van der Waals surface area contributed by atoms with E-state index in [-0.39, 0.29) is 10.6 Å². The number of carbonyl (C=O) groups is 2. The lowest BCUT2D eigenvalue weighted by Gasteiger charge is -2.08. The van der Waals surface area contributed by atoms with Crippen molar-refractivity contribution < 1.29 is 22.7 Å². The van der Waals surface area contributed by atoms with Gasteiger partial charge in [-0.15, -0.1) is 11.3 Å². The van der Waals surface area contributed by atoms with Crippen LogP contribution in [0.15, 0.2) is 29.6 Å². The topological polar surface area (TPSA) is 102 Å². The van der Waals surface area contributed by atoms with Crippen molar-refractivity contribution in [1.82, 2.24) is 0 Å². The lowest BCUT2D eigenvalue weighted by atomic mass is 10.2. The monoisotopic (exact) mass is 402 g/mol. The molecule has 25 heavy (non-hydrogen) atoms. The number of rotatable bonds is 6. The number of esters is 1. The van der Waals surface area contributed by atoms with Crippen LogP contribution in [-0.4, -0.2) is 33.2 Å². The quantitative estimate of drug-likeness (QED) is 0.723. The summed E-state index contributed by atoms with van der Waals surface area (Å²) in [5, 5.41) is 4.60. The van der Waals surface area contributed by atoms with Gasteiger partial charge in [-0.3, -0.25) is 9.52 Å². The Morgan fingerprint density at radius 1 is 1.28 bits per heavy atom. The Balaban J connectivity index is 1.94. The van der Waals surface area contributed by atoms with Gasteiger partial charge in [0.2, 0.25) is 10.0 Å². The van der Waals surface area contributed by atoms with Crippen molar-refractivity contribution in [2.45, 2.75) is 6.92 Å². The first-order chi connectivity index (χ1) is 11.7. The number of ether oxygens (including phenoxy) is 1. The molecule has 1 aromatic heterocycles. The summed E-state index contributed by atoms with van der Waals surface area (Å²) in [4.78, 5) is 23.9. The van der Waals surface area contributed by atoms with Crippen LogP contribution in [0.1, 0.15) is 15.2 Å². The predicted molar refractivity (Wildman–Crippen MR) is 97.9 cm³/mol. The Morgan fingerprint density at radius 3 is 2.64 bits per heavy atom. The maximum atomic E-state index is 12.0. The number of halogens is 1. The highest BCUT2D eigenvalue weighted by atomic mass is 35.5. The van der Waals surface area contributed by atoms with Crippen LogP contribution in [0, 0.1) is 6.92 Å². The number of hydrogen-bond donors (Lipinski definition) is 2. The Labute approximate surface area is 154 Å². The highest BCUT2D eigenvalue weighted by Crippen LogP contribution is 2.24. The van der Waals surface area contributed by atoms with E-state index in [4.69, 9.17) is 16.3 Å². The number of thiophene rings is 1. The summed E-state index contributed by atoms with van der Waals surface area (Å²) in [7, 11) is -3.53. The van der Waals surface area contributed by atoms with Gasteiger partial charge in [-0.05, 0) is 36.1 Å². The van der Waals surface area contributed by atoms with Crippen molar-refractivity contribution in [3.63, 3.8) is 0 Å². The maximum absolute atomic E-state index is 12.0. The molecule has 2 rings (SSSR count). The molecule has 0 fully saturated rings. The number of amides is 1. The van der Waals surface area contributed by atoms with Crippen LogP contribution in [0.25, 0.3) is 0 Å². The molecule has 1 amide bonds. The summed E-state index contributed by atoms with van der Waals surface area (Å²) in [6.45, 7) is 1.32. The molecule has 0 saturated heterocycles. The summed E-state index contributed by atoms with van der Waals surface area (Å²) in [6, 6.07) is 6.45. The van der Waals surface area contributed by atoms with Crippen molar-refractivity contribution in [2.24, 2.45) is 0 Å². The van der Waals surface area contributed by atoms with Gasteiger partial charge in [-0.2, -0.15) is 0 Å². The number of nitrogens with one attached hydrogen (secondary N) is 2. The Kier molecular flexibility index (Phi) is 6.04. The zero-order valence-corrected chi connectivity index (χ0v) is 15.7. The highest BCUT2D eigenvalue weighted by molar-refractivity contribution is 7.92. The van der Waals surface area contributed by atoms with E-state index in [0.29, 0.717) is 10.7 Å². The summed E-state index contributed by atoms with van der Waals surface area (Å²) in [5.41, 5.74) is 1.46. The van der Waals surface area contributed by atoms with E-state index in [9.17, 15) is 18.0 Å². The Bertz CT molecular complexity index is 908. The average molecular weight is 403 g/mol. The molecule has 0 aliphatic carbocycles. The minimum absolute atomic E-state index is 0.0663. The maximum Gasteiger partial charge on any atom is 0.350 e. The van der Waals surface area contributed by atoms with E-state index >= 15 is 0 Å². The van der Waals surface area contributed by atoms with E-state index in [1.54, 1.807) is 23.6 Å². The van der Waals surface area contributed by atoms with E-state index in [1.165, 1.54) is 6.07 Å². The van der Waals surface area contributed by atoms with Crippen molar-refractivity contribution in [1.29, 1.82) is 0 Å². The third-order valence-corrected chi connectivity index (χ3v) is 4.83. The molecule has 0 bridgehead atoms. The lowest BCUT2D eigenvalue weighted by molar-refractivity contribution is -0.119. The molecule has 0 saturated carbocycles. The average Bonchev–Trinajstić information content (AvgIpc) is 2.94. The molecule has 0 aliphatic rings. The highest BCUT2D eigenvalue weighted by Gasteiger charge is 2.18. The smallest absolute Gasteiger partial charge is 0.350 e. The molecule has 0 spiro atoms. The molecule has 134 valence electrons. The van der Waals surface area contributed by atoms with Crippen molar-refractivity contribution >= 4 is 56.2 Å². The standard InChI is InChI=1S/C15H15ClN2O5S2/c1-9-3-4-10(7-11(9)16)17-13(19)8-23-15(20)14-12(5-6-24-14)18-25(2,21)22/h3-7,18H,8H2,1-2H3,(H,17,19). The number of anilines is 2. The van der Waals surface area contributed by atoms with Gasteiger partial charge in [0, 0.05) is 10.7 Å². The molecule has 2 aromatic rings. The molecule has 0 radical (unpaired) electrons. The summed E-state index contributed by atoms with van der Waals surface area (Å²) in [6.07, 6.45) is 0.972. The van der Waals surface area contributed by atoms with Crippen LogP contribution in [0.5, 0.6) is 0 Å². The van der Waals surface area contributed by atoms with E-state index < -0.39 is 28.5 Å². The SMILES string of the molecule is Cc1ccc(NC(=O)COC(=O)c2sccc2NS(C)(=O)=O)cc1Cl. The largest absolute Gasteiger partial charge is 0.451 e. The van der Waals surface area contributed by atoms with Gasteiger partial charge in [0.1, 0.15) is 4.88 Å². The van der Waals surface area contributed by atoms with Crippen LogP contribution in [0.3, 0.4) is 0 Å². The van der Waals surface area contributed by atoms with Gasteiger partial charge in [0.25, 0.3) is 5.91 Å². The predicted octanol–water partition coefficient (Wildman–Crippen LogP) is 2.88. The van der Waals surface area contributed by atoms with Crippen molar-refractivity contribution in [3.05, 3.63) is 45.1 Å². The molecule has 1 heterocycles. The second kappa shape index (κ2) is 7.85. The first-order valence-electron chi connectivity index (χ1n) is 6.94. The third-order valence-electron chi connectivity index (χ3n) is 2.94. The van der Waals surface area contributed by atoms with Gasteiger partial charge < -0.3 is 10.1 Å². The summed E-state index contributed by atoms with van der Waals surface area (Å²) < 4.78 is 29.7. The fourth-order valence-corrected chi connectivity index (χ4v) is 3.37. The molecule has 0 atom stereocenters. The minimum Gasteiger partial charge on any atom is -0.451 e. The van der Waals surface area contributed by atoms with E-state index in [0.717, 1.165) is 23.2 Å². The van der Waals surface area contributed by atoms with Crippen LogP contribution < -0.4 is 10.0 Å². The third kappa shape index (κ3) is 5.73. The first-order valence-corrected chi connectivity index (χ1v) is 10.1. The van der Waals surface area contributed by atoms with Gasteiger partial charge in [0.05, 0.1) is 11.9 Å². The zero-order valence-electron chi connectivity index (χ0n) is 13.3.